The van der Waals surface area contributed by atoms with Gasteiger partial charge in [0.1, 0.15) is 18.9 Å². The van der Waals surface area contributed by atoms with Crippen molar-refractivity contribution in [1.82, 2.24) is 5.32 Å². The highest BCUT2D eigenvalue weighted by atomic mass is 35.5. The average Bonchev–Trinajstić information content (AvgIpc) is 2.83. The van der Waals surface area contributed by atoms with Crippen LogP contribution in [-0.2, 0) is 21.2 Å². The van der Waals surface area contributed by atoms with Crippen molar-refractivity contribution in [2.75, 3.05) is 24.0 Å². The van der Waals surface area contributed by atoms with Crippen molar-refractivity contribution in [2.24, 2.45) is 0 Å². The van der Waals surface area contributed by atoms with Gasteiger partial charge in [-0.05, 0) is 60.9 Å². The van der Waals surface area contributed by atoms with Crippen LogP contribution in [-0.4, -0.2) is 34.0 Å². The largest absolute Gasteiger partial charge is 0.492 e. The number of benzene rings is 3. The van der Waals surface area contributed by atoms with Gasteiger partial charge in [0.2, 0.25) is 5.91 Å². The monoisotopic (exact) mass is 486 g/mol. The Morgan fingerprint density at radius 3 is 2.39 bits per heavy atom. The minimum atomic E-state index is -3.99. The summed E-state index contributed by atoms with van der Waals surface area (Å²) in [5.74, 6) is 0.267. The Morgan fingerprint density at radius 2 is 1.73 bits per heavy atom. The summed E-state index contributed by atoms with van der Waals surface area (Å²) in [4.78, 5) is 12.8. The van der Waals surface area contributed by atoms with Crippen molar-refractivity contribution in [3.63, 3.8) is 0 Å². The van der Waals surface area contributed by atoms with Crippen LogP contribution in [0.5, 0.6) is 5.75 Å². The first-order chi connectivity index (χ1) is 15.8. The summed E-state index contributed by atoms with van der Waals surface area (Å²) >= 11 is 6.13. The number of nitrogens with one attached hydrogen (secondary N) is 1. The maximum Gasteiger partial charge on any atom is 0.264 e. The molecule has 0 spiro atoms. The van der Waals surface area contributed by atoms with Gasteiger partial charge in [0, 0.05) is 5.02 Å². The molecule has 1 N–H and O–H groups in total. The lowest BCUT2D eigenvalue weighted by molar-refractivity contribution is -0.119. The van der Waals surface area contributed by atoms with Crippen LogP contribution in [0, 0.1) is 6.92 Å². The fraction of sp³-hybridized carbons (Fsp3) is 0.240. The molecule has 3 aromatic rings. The van der Waals surface area contributed by atoms with Gasteiger partial charge in [0.05, 0.1) is 17.1 Å². The van der Waals surface area contributed by atoms with Crippen molar-refractivity contribution < 1.29 is 17.9 Å². The van der Waals surface area contributed by atoms with Crippen LogP contribution in [0.3, 0.4) is 0 Å². The van der Waals surface area contributed by atoms with E-state index in [1.165, 1.54) is 17.7 Å². The van der Waals surface area contributed by atoms with Crippen molar-refractivity contribution >= 4 is 33.2 Å². The molecule has 8 heteroatoms. The normalized spacial score (nSPS) is 11.1. The van der Waals surface area contributed by atoms with E-state index < -0.39 is 15.9 Å². The first-order valence-electron chi connectivity index (χ1n) is 10.6. The molecule has 0 saturated carbocycles. The first-order valence-corrected chi connectivity index (χ1v) is 12.5. The topological polar surface area (TPSA) is 75.7 Å². The fourth-order valence-corrected chi connectivity index (χ4v) is 4.90. The minimum absolute atomic E-state index is 0.0936. The second kappa shape index (κ2) is 11.2. The Kier molecular flexibility index (Phi) is 8.36. The van der Waals surface area contributed by atoms with Crippen molar-refractivity contribution in [1.29, 1.82) is 0 Å². The van der Waals surface area contributed by atoms with Crippen LogP contribution in [0.15, 0.2) is 77.7 Å². The quantitative estimate of drug-likeness (QED) is 0.425. The van der Waals surface area contributed by atoms with E-state index in [4.69, 9.17) is 16.3 Å². The lowest BCUT2D eigenvalue weighted by Gasteiger charge is -2.25. The van der Waals surface area contributed by atoms with E-state index >= 15 is 0 Å². The van der Waals surface area contributed by atoms with Gasteiger partial charge in [0.15, 0.2) is 0 Å². The molecule has 0 bridgehead atoms. The van der Waals surface area contributed by atoms with Crippen LogP contribution in [0.4, 0.5) is 5.69 Å². The number of rotatable bonds is 10. The zero-order chi connectivity index (χ0) is 23.8. The molecule has 0 unspecified atom stereocenters. The Hall–Kier alpha value is -3.03. The molecule has 1 amide bonds. The number of hydrogen-bond acceptors (Lipinski definition) is 4. The van der Waals surface area contributed by atoms with Crippen LogP contribution < -0.4 is 14.4 Å². The van der Waals surface area contributed by atoms with Crippen molar-refractivity contribution in [3.8, 4) is 5.75 Å². The van der Waals surface area contributed by atoms with Gasteiger partial charge in [-0.25, -0.2) is 8.42 Å². The summed E-state index contributed by atoms with van der Waals surface area (Å²) in [5.41, 5.74) is 2.26. The van der Waals surface area contributed by atoms with Crippen LogP contribution >= 0.6 is 11.6 Å². The summed E-state index contributed by atoms with van der Waals surface area (Å²) in [5, 5.41) is 3.11. The summed E-state index contributed by atoms with van der Waals surface area (Å²) in [6, 6.07) is 20.7. The van der Waals surface area contributed by atoms with Gasteiger partial charge >= 0.3 is 0 Å². The second-order valence-electron chi connectivity index (χ2n) is 7.45. The molecule has 3 rings (SSSR count). The maximum atomic E-state index is 13.4. The van der Waals surface area contributed by atoms with Gasteiger partial charge in [-0.1, -0.05) is 54.9 Å². The maximum absolute atomic E-state index is 13.4. The number of carbonyl (C=O) groups excluding carboxylic acids is 1. The number of halogens is 1. The number of sulfonamides is 1. The number of aryl methyl sites for hydroxylation is 2. The van der Waals surface area contributed by atoms with Gasteiger partial charge in [0.25, 0.3) is 10.0 Å². The highest BCUT2D eigenvalue weighted by molar-refractivity contribution is 7.92. The molecule has 3 aromatic carbocycles. The van der Waals surface area contributed by atoms with Crippen LogP contribution in [0.1, 0.15) is 18.1 Å². The van der Waals surface area contributed by atoms with Gasteiger partial charge in [-0.2, -0.15) is 0 Å². The van der Waals surface area contributed by atoms with Crippen LogP contribution in [0.25, 0.3) is 0 Å². The summed E-state index contributed by atoms with van der Waals surface area (Å²) in [6.45, 7) is 3.97. The zero-order valence-electron chi connectivity index (χ0n) is 18.6. The summed E-state index contributed by atoms with van der Waals surface area (Å²) < 4.78 is 33.5. The number of nitrogens with zero attached hydrogens (tertiary/aromatic N) is 1. The van der Waals surface area contributed by atoms with Crippen molar-refractivity contribution in [2.45, 2.75) is 25.2 Å². The predicted molar refractivity (Wildman–Crippen MR) is 131 cm³/mol. The number of anilines is 1. The number of ether oxygens (including phenoxy) is 1. The number of hydrogen-bond donors (Lipinski definition) is 1. The Morgan fingerprint density at radius 1 is 1.03 bits per heavy atom. The zero-order valence-corrected chi connectivity index (χ0v) is 20.2. The second-order valence-corrected chi connectivity index (χ2v) is 9.75. The van der Waals surface area contributed by atoms with E-state index in [0.717, 1.165) is 10.7 Å². The van der Waals surface area contributed by atoms with Crippen molar-refractivity contribution in [3.05, 3.63) is 88.9 Å². The van der Waals surface area contributed by atoms with E-state index in [9.17, 15) is 13.2 Å². The highest BCUT2D eigenvalue weighted by Gasteiger charge is 2.28. The summed E-state index contributed by atoms with van der Waals surface area (Å²) in [6.07, 6.45) is 0.949. The molecule has 0 fully saturated rings. The molecule has 0 aliphatic carbocycles. The minimum Gasteiger partial charge on any atom is -0.492 e. The van der Waals surface area contributed by atoms with E-state index in [1.54, 1.807) is 43.3 Å². The Labute approximate surface area is 200 Å². The predicted octanol–water partition coefficient (Wildman–Crippen LogP) is 4.60. The average molecular weight is 487 g/mol. The molecule has 0 aromatic heterocycles. The lowest BCUT2D eigenvalue weighted by atomic mass is 10.2. The molecule has 0 aliphatic heterocycles. The van der Waals surface area contributed by atoms with E-state index in [2.05, 4.69) is 12.2 Å². The van der Waals surface area contributed by atoms with E-state index in [1.807, 2.05) is 24.3 Å². The molecule has 6 nitrogen and oxygen atoms in total. The standard InChI is InChI=1S/C25H27ClN2O4S/c1-3-20-10-13-22(14-11-20)32-16-15-27-25(29)18-28(24-17-21(26)12-9-19(24)2)33(30,31)23-7-5-4-6-8-23/h4-14,17H,3,15-16,18H2,1-2H3,(H,27,29). The number of amides is 1. The third-order valence-corrected chi connectivity index (χ3v) is 7.09. The molecular formula is C25H27ClN2O4S. The molecule has 33 heavy (non-hydrogen) atoms. The SMILES string of the molecule is CCc1ccc(OCCNC(=O)CN(c2cc(Cl)ccc2C)S(=O)(=O)c2ccccc2)cc1. The highest BCUT2D eigenvalue weighted by Crippen LogP contribution is 2.29. The van der Waals surface area contributed by atoms with E-state index in [-0.39, 0.29) is 24.6 Å². The summed E-state index contributed by atoms with van der Waals surface area (Å²) in [7, 11) is -3.99. The number of carbonyl (C=O) groups is 1. The third-order valence-electron chi connectivity index (χ3n) is 5.08. The molecular weight excluding hydrogens is 460 g/mol. The molecule has 0 atom stereocenters. The molecule has 0 saturated heterocycles. The van der Waals surface area contributed by atoms with E-state index in [0.29, 0.717) is 22.0 Å². The van der Waals surface area contributed by atoms with Gasteiger partial charge in [-0.3, -0.25) is 9.10 Å². The van der Waals surface area contributed by atoms with Crippen LogP contribution in [0.2, 0.25) is 5.02 Å². The lowest BCUT2D eigenvalue weighted by Crippen LogP contribution is -2.42. The Bertz CT molecular complexity index is 1180. The smallest absolute Gasteiger partial charge is 0.264 e. The molecule has 0 heterocycles. The van der Waals surface area contributed by atoms with Gasteiger partial charge in [-0.15, -0.1) is 0 Å². The van der Waals surface area contributed by atoms with Gasteiger partial charge < -0.3 is 10.1 Å². The first kappa shape index (κ1) is 24.6. The Balaban J connectivity index is 1.70. The molecule has 0 aliphatic rings. The molecule has 174 valence electrons. The molecule has 0 radical (unpaired) electrons. The fourth-order valence-electron chi connectivity index (χ4n) is 3.24. The third kappa shape index (κ3) is 6.49.